The quantitative estimate of drug-likeness (QED) is 0.802. The molecule has 0 spiro atoms. The molecule has 5 heteroatoms. The molecule has 86 valence electrons. The molecular weight excluding hydrogens is 211 g/mol. The molecule has 2 unspecified atom stereocenters. The first-order chi connectivity index (χ1) is 7.65. The Morgan fingerprint density at radius 2 is 2.06 bits per heavy atom. The predicted octanol–water partition coefficient (Wildman–Crippen LogP) is 1.67. The van der Waals surface area contributed by atoms with Crippen molar-refractivity contribution >= 4 is 6.03 Å². The third-order valence-corrected chi connectivity index (χ3v) is 2.56. The highest BCUT2D eigenvalue weighted by Crippen LogP contribution is 2.31. The second-order valence-corrected chi connectivity index (χ2v) is 3.75. The van der Waals surface area contributed by atoms with Crippen LogP contribution in [0.4, 0.5) is 9.18 Å². The summed E-state index contributed by atoms with van der Waals surface area (Å²) in [5.41, 5.74) is 5.91. The normalized spacial score (nSPS) is 24.3. The van der Waals surface area contributed by atoms with Crippen molar-refractivity contribution in [3.8, 4) is 0 Å². The molecule has 3 N–H and O–H groups in total. The van der Waals surface area contributed by atoms with Gasteiger partial charge < -0.3 is 15.8 Å². The van der Waals surface area contributed by atoms with E-state index in [9.17, 15) is 9.18 Å². The molecule has 1 aliphatic heterocycles. The Morgan fingerprint density at radius 1 is 1.38 bits per heavy atom. The van der Waals surface area contributed by atoms with Gasteiger partial charge in [-0.15, -0.1) is 0 Å². The van der Waals surface area contributed by atoms with E-state index in [0.29, 0.717) is 6.42 Å². The maximum Gasteiger partial charge on any atom is 0.314 e. The summed E-state index contributed by atoms with van der Waals surface area (Å²) in [7, 11) is 0. The van der Waals surface area contributed by atoms with Crippen LogP contribution in [0.25, 0.3) is 0 Å². The molecule has 16 heavy (non-hydrogen) atoms. The van der Waals surface area contributed by atoms with Gasteiger partial charge >= 0.3 is 6.03 Å². The first kappa shape index (κ1) is 10.9. The van der Waals surface area contributed by atoms with Crippen molar-refractivity contribution in [1.82, 2.24) is 5.32 Å². The van der Waals surface area contributed by atoms with Gasteiger partial charge in [0.15, 0.2) is 0 Å². The van der Waals surface area contributed by atoms with Crippen molar-refractivity contribution in [2.24, 2.45) is 5.73 Å². The predicted molar refractivity (Wildman–Crippen MR) is 56.0 cm³/mol. The van der Waals surface area contributed by atoms with Gasteiger partial charge in [-0.2, -0.15) is 0 Å². The lowest BCUT2D eigenvalue weighted by Crippen LogP contribution is -2.38. The molecule has 1 saturated heterocycles. The van der Waals surface area contributed by atoms with Crippen LogP contribution in [-0.2, 0) is 4.74 Å². The van der Waals surface area contributed by atoms with Gasteiger partial charge in [0, 0.05) is 0 Å². The van der Waals surface area contributed by atoms with Crippen LogP contribution in [0.3, 0.4) is 0 Å². The molecule has 1 aliphatic rings. The van der Waals surface area contributed by atoms with Gasteiger partial charge in [0.1, 0.15) is 12.0 Å². The largest absolute Gasteiger partial charge is 0.352 e. The lowest BCUT2D eigenvalue weighted by Gasteiger charge is -2.14. The molecule has 2 rings (SSSR count). The van der Waals surface area contributed by atoms with Gasteiger partial charge in [-0.1, -0.05) is 12.1 Å². The van der Waals surface area contributed by atoms with E-state index < -0.39 is 6.03 Å². The summed E-state index contributed by atoms with van der Waals surface area (Å²) in [5, 5.41) is 2.50. The third kappa shape index (κ3) is 2.49. The maximum atomic E-state index is 12.7. The van der Waals surface area contributed by atoms with Crippen molar-refractivity contribution in [1.29, 1.82) is 0 Å². The fourth-order valence-corrected chi connectivity index (χ4v) is 1.82. The summed E-state index contributed by atoms with van der Waals surface area (Å²) >= 11 is 0. The topological polar surface area (TPSA) is 64.4 Å². The van der Waals surface area contributed by atoms with Crippen molar-refractivity contribution in [3.63, 3.8) is 0 Å². The van der Waals surface area contributed by atoms with Crippen LogP contribution in [0.5, 0.6) is 0 Å². The Balaban J connectivity index is 1.98. The van der Waals surface area contributed by atoms with Crippen molar-refractivity contribution in [3.05, 3.63) is 35.6 Å². The van der Waals surface area contributed by atoms with Crippen LogP contribution in [0.2, 0.25) is 0 Å². The number of nitrogens with one attached hydrogen (secondary N) is 1. The van der Waals surface area contributed by atoms with Gasteiger partial charge in [0.05, 0.1) is 6.10 Å². The van der Waals surface area contributed by atoms with E-state index in [1.54, 1.807) is 12.1 Å². The summed E-state index contributed by atoms with van der Waals surface area (Å²) in [6, 6.07) is 5.57. The minimum absolute atomic E-state index is 0.0996. The number of primary amides is 1. The zero-order chi connectivity index (χ0) is 11.5. The number of hydrogen-bond acceptors (Lipinski definition) is 2. The van der Waals surface area contributed by atoms with E-state index >= 15 is 0 Å². The summed E-state index contributed by atoms with van der Waals surface area (Å²) in [6.45, 7) is 0. The molecule has 0 radical (unpaired) electrons. The molecular formula is C11H13FN2O2. The maximum absolute atomic E-state index is 12.7. The molecule has 2 amide bonds. The van der Waals surface area contributed by atoms with E-state index in [4.69, 9.17) is 10.5 Å². The van der Waals surface area contributed by atoms with Gasteiger partial charge in [0.2, 0.25) is 0 Å². The fourth-order valence-electron chi connectivity index (χ4n) is 1.82. The summed E-state index contributed by atoms with van der Waals surface area (Å²) in [4.78, 5) is 10.6. The van der Waals surface area contributed by atoms with E-state index in [1.807, 2.05) is 0 Å². The molecule has 0 bridgehead atoms. The fraction of sp³-hybridized carbons (Fsp3) is 0.364. The van der Waals surface area contributed by atoms with Gasteiger partial charge in [-0.25, -0.2) is 9.18 Å². The second kappa shape index (κ2) is 4.49. The van der Waals surface area contributed by atoms with Gasteiger partial charge in [-0.05, 0) is 30.5 Å². The zero-order valence-electron chi connectivity index (χ0n) is 8.65. The van der Waals surface area contributed by atoms with Crippen LogP contribution < -0.4 is 11.1 Å². The second-order valence-electron chi connectivity index (χ2n) is 3.75. The number of urea groups is 1. The number of nitrogens with two attached hydrogens (primary N) is 1. The zero-order valence-corrected chi connectivity index (χ0v) is 8.65. The smallest absolute Gasteiger partial charge is 0.314 e. The van der Waals surface area contributed by atoms with Crippen molar-refractivity contribution < 1.29 is 13.9 Å². The highest BCUT2D eigenvalue weighted by atomic mass is 19.1. The molecule has 0 aliphatic carbocycles. The lowest BCUT2D eigenvalue weighted by atomic mass is 10.1. The monoisotopic (exact) mass is 224 g/mol. The number of hydrogen-bond donors (Lipinski definition) is 2. The Morgan fingerprint density at radius 3 is 2.69 bits per heavy atom. The number of amides is 2. The number of carbonyl (C=O) groups is 1. The number of benzene rings is 1. The average Bonchev–Trinajstić information content (AvgIpc) is 2.66. The Hall–Kier alpha value is -1.62. The SMILES string of the molecule is NC(=O)NC1CCC(c2ccc(F)cc2)O1. The molecule has 4 nitrogen and oxygen atoms in total. The van der Waals surface area contributed by atoms with E-state index in [-0.39, 0.29) is 18.1 Å². The number of halogens is 1. The molecule has 1 aromatic carbocycles. The molecule has 2 atom stereocenters. The highest BCUT2D eigenvalue weighted by molar-refractivity contribution is 5.71. The van der Waals surface area contributed by atoms with Crippen LogP contribution in [0.1, 0.15) is 24.5 Å². The van der Waals surface area contributed by atoms with Crippen LogP contribution in [0, 0.1) is 5.82 Å². The van der Waals surface area contributed by atoms with Crippen LogP contribution in [0.15, 0.2) is 24.3 Å². The Bertz CT molecular complexity index is 380. The third-order valence-electron chi connectivity index (χ3n) is 2.56. The molecule has 1 fully saturated rings. The number of rotatable bonds is 2. The highest BCUT2D eigenvalue weighted by Gasteiger charge is 2.26. The minimum Gasteiger partial charge on any atom is -0.352 e. The molecule has 1 aromatic rings. The van der Waals surface area contributed by atoms with E-state index in [0.717, 1.165) is 12.0 Å². The molecule has 0 aromatic heterocycles. The summed E-state index contributed by atoms with van der Waals surface area (Å²) in [6.07, 6.45) is 1.06. The molecule has 0 saturated carbocycles. The van der Waals surface area contributed by atoms with E-state index in [2.05, 4.69) is 5.32 Å². The number of carbonyl (C=O) groups excluding carboxylic acids is 1. The van der Waals surface area contributed by atoms with Crippen molar-refractivity contribution in [2.45, 2.75) is 25.2 Å². The van der Waals surface area contributed by atoms with Crippen molar-refractivity contribution in [2.75, 3.05) is 0 Å². The minimum atomic E-state index is -0.593. The van der Waals surface area contributed by atoms with Gasteiger partial charge in [-0.3, -0.25) is 0 Å². The first-order valence-electron chi connectivity index (χ1n) is 5.12. The van der Waals surface area contributed by atoms with E-state index in [1.165, 1.54) is 12.1 Å². The summed E-state index contributed by atoms with van der Waals surface area (Å²) < 4.78 is 18.3. The van der Waals surface area contributed by atoms with Gasteiger partial charge in [0.25, 0.3) is 0 Å². The molecule has 1 heterocycles. The average molecular weight is 224 g/mol. The Kier molecular flexibility index (Phi) is 3.05. The lowest BCUT2D eigenvalue weighted by molar-refractivity contribution is 0.0322. The number of ether oxygens (including phenoxy) is 1. The van der Waals surface area contributed by atoms with Crippen LogP contribution in [-0.4, -0.2) is 12.3 Å². The Labute approximate surface area is 92.6 Å². The van der Waals surface area contributed by atoms with Crippen LogP contribution >= 0.6 is 0 Å². The summed E-state index contributed by atoms with van der Waals surface area (Å²) in [5.74, 6) is -0.270. The standard InChI is InChI=1S/C11H13FN2O2/c12-8-3-1-7(2-4-8)9-5-6-10(16-9)14-11(13)15/h1-4,9-10H,5-6H2,(H3,13,14,15). The first-order valence-corrected chi connectivity index (χ1v) is 5.12.